The lowest BCUT2D eigenvalue weighted by Gasteiger charge is -1.98. The standard InChI is InChI=1S/C12H12O3/c1-9(13)11-7-5-10(6-8-11)3-2-4-12(14)15/h2,4-8H,3H2,1H3,(H,14,15). The fourth-order valence-electron chi connectivity index (χ4n) is 1.17. The van der Waals surface area contributed by atoms with Gasteiger partial charge in [0.05, 0.1) is 0 Å². The minimum Gasteiger partial charge on any atom is -0.478 e. The molecule has 0 unspecified atom stereocenters. The first-order valence-corrected chi connectivity index (χ1v) is 4.59. The summed E-state index contributed by atoms with van der Waals surface area (Å²) in [5.41, 5.74) is 1.65. The number of carboxylic acids is 1. The van der Waals surface area contributed by atoms with Crippen molar-refractivity contribution in [2.45, 2.75) is 13.3 Å². The van der Waals surface area contributed by atoms with Gasteiger partial charge < -0.3 is 5.11 Å². The van der Waals surface area contributed by atoms with Crippen LogP contribution in [0, 0.1) is 0 Å². The maximum atomic E-state index is 11.0. The van der Waals surface area contributed by atoms with Crippen molar-refractivity contribution in [2.75, 3.05) is 0 Å². The van der Waals surface area contributed by atoms with Crippen molar-refractivity contribution in [2.24, 2.45) is 0 Å². The van der Waals surface area contributed by atoms with Crippen LogP contribution in [-0.4, -0.2) is 16.9 Å². The number of ketones is 1. The number of hydrogen-bond acceptors (Lipinski definition) is 2. The molecule has 0 aliphatic heterocycles. The molecule has 3 nitrogen and oxygen atoms in total. The van der Waals surface area contributed by atoms with Crippen LogP contribution in [0.4, 0.5) is 0 Å². The maximum Gasteiger partial charge on any atom is 0.327 e. The van der Waals surface area contributed by atoms with Gasteiger partial charge in [0.1, 0.15) is 0 Å². The van der Waals surface area contributed by atoms with Gasteiger partial charge in [0.2, 0.25) is 0 Å². The Balaban J connectivity index is 2.65. The summed E-state index contributed by atoms with van der Waals surface area (Å²) in [5.74, 6) is -0.919. The summed E-state index contributed by atoms with van der Waals surface area (Å²) in [6.07, 6.45) is 3.24. The van der Waals surface area contributed by atoms with Crippen LogP contribution in [-0.2, 0) is 11.2 Å². The molecular weight excluding hydrogens is 192 g/mol. The van der Waals surface area contributed by atoms with E-state index in [2.05, 4.69) is 0 Å². The van der Waals surface area contributed by atoms with Crippen molar-refractivity contribution in [3.63, 3.8) is 0 Å². The van der Waals surface area contributed by atoms with Gasteiger partial charge in [-0.3, -0.25) is 4.79 Å². The number of rotatable bonds is 4. The van der Waals surface area contributed by atoms with E-state index in [1.54, 1.807) is 18.2 Å². The molecule has 1 N–H and O–H groups in total. The highest BCUT2D eigenvalue weighted by Crippen LogP contribution is 2.06. The van der Waals surface area contributed by atoms with Crippen molar-refractivity contribution >= 4 is 11.8 Å². The Labute approximate surface area is 88.0 Å². The summed E-state index contributed by atoms with van der Waals surface area (Å²) in [7, 11) is 0. The number of carbonyl (C=O) groups excluding carboxylic acids is 1. The van der Waals surface area contributed by atoms with Gasteiger partial charge >= 0.3 is 5.97 Å². The third kappa shape index (κ3) is 3.77. The largest absolute Gasteiger partial charge is 0.478 e. The Morgan fingerprint density at radius 3 is 2.33 bits per heavy atom. The molecule has 0 saturated heterocycles. The monoisotopic (exact) mass is 204 g/mol. The molecule has 1 rings (SSSR count). The fourth-order valence-corrected chi connectivity index (χ4v) is 1.17. The average Bonchev–Trinajstić information content (AvgIpc) is 2.18. The van der Waals surface area contributed by atoms with Crippen LogP contribution in [0.25, 0.3) is 0 Å². The normalized spacial score (nSPS) is 10.5. The number of aliphatic carboxylic acids is 1. The molecule has 0 radical (unpaired) electrons. The summed E-state index contributed by atoms with van der Waals surface area (Å²) in [4.78, 5) is 21.2. The molecule has 3 heteroatoms. The molecule has 15 heavy (non-hydrogen) atoms. The zero-order valence-corrected chi connectivity index (χ0v) is 8.43. The van der Waals surface area contributed by atoms with E-state index < -0.39 is 5.97 Å². The van der Waals surface area contributed by atoms with E-state index in [-0.39, 0.29) is 5.78 Å². The van der Waals surface area contributed by atoms with Crippen molar-refractivity contribution in [1.29, 1.82) is 0 Å². The number of carboxylic acid groups (broad SMARTS) is 1. The second-order valence-corrected chi connectivity index (χ2v) is 3.20. The van der Waals surface area contributed by atoms with Crippen LogP contribution in [0.2, 0.25) is 0 Å². The van der Waals surface area contributed by atoms with E-state index in [1.165, 1.54) is 6.92 Å². The van der Waals surface area contributed by atoms with Crippen molar-refractivity contribution in [3.8, 4) is 0 Å². The molecule has 0 aliphatic rings. The first-order chi connectivity index (χ1) is 7.09. The molecule has 0 saturated carbocycles. The predicted molar refractivity (Wildman–Crippen MR) is 56.9 cm³/mol. The highest BCUT2D eigenvalue weighted by atomic mass is 16.4. The van der Waals surface area contributed by atoms with Crippen molar-refractivity contribution in [1.82, 2.24) is 0 Å². The van der Waals surface area contributed by atoms with Crippen LogP contribution in [0.3, 0.4) is 0 Å². The lowest BCUT2D eigenvalue weighted by atomic mass is 10.1. The summed E-state index contributed by atoms with van der Waals surface area (Å²) < 4.78 is 0. The SMILES string of the molecule is CC(=O)c1ccc(CC=CC(=O)O)cc1. The Morgan fingerprint density at radius 2 is 1.87 bits per heavy atom. The summed E-state index contributed by atoms with van der Waals surface area (Å²) in [6.45, 7) is 1.51. The lowest BCUT2D eigenvalue weighted by Crippen LogP contribution is -1.92. The molecule has 0 aliphatic carbocycles. The molecule has 0 aromatic heterocycles. The fraction of sp³-hybridized carbons (Fsp3) is 0.167. The van der Waals surface area contributed by atoms with Gasteiger partial charge in [0.15, 0.2) is 5.78 Å². The molecular formula is C12H12O3. The van der Waals surface area contributed by atoms with Gasteiger partial charge in [-0.25, -0.2) is 4.79 Å². The van der Waals surface area contributed by atoms with Crippen LogP contribution in [0.5, 0.6) is 0 Å². The lowest BCUT2D eigenvalue weighted by molar-refractivity contribution is -0.131. The second-order valence-electron chi connectivity index (χ2n) is 3.20. The molecule has 0 amide bonds. The molecule has 0 bridgehead atoms. The maximum absolute atomic E-state index is 11.0. The van der Waals surface area contributed by atoms with Crippen LogP contribution in [0.15, 0.2) is 36.4 Å². The topological polar surface area (TPSA) is 54.4 Å². The summed E-state index contributed by atoms with van der Waals surface area (Å²) >= 11 is 0. The van der Waals surface area contributed by atoms with E-state index >= 15 is 0 Å². The quantitative estimate of drug-likeness (QED) is 0.603. The molecule has 0 heterocycles. The van der Waals surface area contributed by atoms with E-state index in [0.29, 0.717) is 12.0 Å². The first-order valence-electron chi connectivity index (χ1n) is 4.59. The van der Waals surface area contributed by atoms with Crippen molar-refractivity contribution in [3.05, 3.63) is 47.5 Å². The zero-order valence-electron chi connectivity index (χ0n) is 8.43. The van der Waals surface area contributed by atoms with Gasteiger partial charge in [0.25, 0.3) is 0 Å². The van der Waals surface area contributed by atoms with Gasteiger partial charge in [-0.1, -0.05) is 30.3 Å². The number of carbonyl (C=O) groups is 2. The van der Waals surface area contributed by atoms with E-state index in [9.17, 15) is 9.59 Å². The van der Waals surface area contributed by atoms with Crippen LogP contribution >= 0.6 is 0 Å². The third-order valence-electron chi connectivity index (χ3n) is 1.97. The molecule has 0 atom stereocenters. The molecule has 0 spiro atoms. The molecule has 1 aromatic rings. The third-order valence-corrected chi connectivity index (χ3v) is 1.97. The molecule has 0 fully saturated rings. The second kappa shape index (κ2) is 5.10. The number of allylic oxidation sites excluding steroid dienone is 1. The molecule has 1 aromatic carbocycles. The Bertz CT molecular complexity index is 388. The zero-order chi connectivity index (χ0) is 11.3. The highest BCUT2D eigenvalue weighted by molar-refractivity contribution is 5.94. The predicted octanol–water partition coefficient (Wildman–Crippen LogP) is 2.07. The van der Waals surface area contributed by atoms with Gasteiger partial charge in [-0.15, -0.1) is 0 Å². The Kier molecular flexibility index (Phi) is 3.80. The summed E-state index contributed by atoms with van der Waals surface area (Å²) in [6, 6.07) is 7.13. The number of Topliss-reactive ketones (excluding diaryl/α,β-unsaturated/α-hetero) is 1. The minimum absolute atomic E-state index is 0.0302. The average molecular weight is 204 g/mol. The first kappa shape index (κ1) is 11.2. The van der Waals surface area contributed by atoms with E-state index in [0.717, 1.165) is 11.6 Å². The Hall–Kier alpha value is -1.90. The van der Waals surface area contributed by atoms with Crippen molar-refractivity contribution < 1.29 is 14.7 Å². The molecule has 78 valence electrons. The highest BCUT2D eigenvalue weighted by Gasteiger charge is 1.97. The minimum atomic E-state index is -0.949. The smallest absolute Gasteiger partial charge is 0.327 e. The van der Waals surface area contributed by atoms with Gasteiger partial charge in [-0.2, -0.15) is 0 Å². The number of benzene rings is 1. The Morgan fingerprint density at radius 1 is 1.27 bits per heavy atom. The van der Waals surface area contributed by atoms with Gasteiger partial charge in [-0.05, 0) is 18.9 Å². The van der Waals surface area contributed by atoms with Gasteiger partial charge in [0, 0.05) is 11.6 Å². The van der Waals surface area contributed by atoms with Crippen LogP contribution < -0.4 is 0 Å². The van der Waals surface area contributed by atoms with E-state index in [4.69, 9.17) is 5.11 Å². The number of hydrogen-bond donors (Lipinski definition) is 1. The van der Waals surface area contributed by atoms with Crippen LogP contribution in [0.1, 0.15) is 22.8 Å². The van der Waals surface area contributed by atoms with E-state index in [1.807, 2.05) is 12.1 Å². The summed E-state index contributed by atoms with van der Waals surface area (Å²) in [5, 5.41) is 8.38.